The molecule has 1 N–H and O–H groups in total. The SMILES string of the molecule is CC(C)N(C(=O)OC(C)(C)C)C(C)(C)c1cccc(C(=O)/C=C/c2ccc(O)cc2)c1. The summed E-state index contributed by atoms with van der Waals surface area (Å²) in [5, 5.41) is 9.38. The van der Waals surface area contributed by atoms with E-state index < -0.39 is 17.2 Å². The number of benzene rings is 2. The average Bonchev–Trinajstić information content (AvgIpc) is 2.65. The van der Waals surface area contributed by atoms with Crippen molar-refractivity contribution in [2.75, 3.05) is 0 Å². The molecule has 0 bridgehead atoms. The fourth-order valence-electron chi connectivity index (χ4n) is 3.44. The first-order valence-electron chi connectivity index (χ1n) is 10.5. The van der Waals surface area contributed by atoms with Crippen LogP contribution in [0.5, 0.6) is 5.75 Å². The minimum Gasteiger partial charge on any atom is -0.508 e. The van der Waals surface area contributed by atoms with Crippen LogP contribution in [0.3, 0.4) is 0 Å². The third-order valence-electron chi connectivity index (χ3n) is 4.88. The predicted molar refractivity (Wildman–Crippen MR) is 124 cm³/mol. The van der Waals surface area contributed by atoms with Crippen molar-refractivity contribution in [1.82, 2.24) is 4.90 Å². The second-order valence-electron chi connectivity index (χ2n) is 9.37. The highest BCUT2D eigenvalue weighted by atomic mass is 16.6. The van der Waals surface area contributed by atoms with E-state index in [1.165, 1.54) is 6.08 Å². The zero-order chi connectivity index (χ0) is 23.4. The number of carbonyl (C=O) groups excluding carboxylic acids is 2. The summed E-state index contributed by atoms with van der Waals surface area (Å²) in [4.78, 5) is 27.4. The average molecular weight is 424 g/mol. The topological polar surface area (TPSA) is 66.8 Å². The van der Waals surface area contributed by atoms with Crippen molar-refractivity contribution >= 4 is 18.0 Å². The number of ketones is 1. The van der Waals surface area contributed by atoms with Crippen LogP contribution in [-0.4, -0.2) is 33.5 Å². The van der Waals surface area contributed by atoms with E-state index in [0.717, 1.165) is 11.1 Å². The molecule has 0 aliphatic rings. The van der Waals surface area contributed by atoms with Crippen LogP contribution < -0.4 is 0 Å². The molecular formula is C26H33NO4. The Bertz CT molecular complexity index is 950. The minimum absolute atomic E-state index is 0.0985. The van der Waals surface area contributed by atoms with Gasteiger partial charge in [-0.05, 0) is 83.9 Å². The van der Waals surface area contributed by atoms with Crippen LogP contribution in [0.2, 0.25) is 0 Å². The van der Waals surface area contributed by atoms with Crippen molar-refractivity contribution in [3.05, 3.63) is 71.3 Å². The molecule has 0 unspecified atom stereocenters. The second-order valence-corrected chi connectivity index (χ2v) is 9.37. The smallest absolute Gasteiger partial charge is 0.411 e. The van der Waals surface area contributed by atoms with E-state index in [9.17, 15) is 14.7 Å². The van der Waals surface area contributed by atoms with Gasteiger partial charge in [0.2, 0.25) is 0 Å². The van der Waals surface area contributed by atoms with E-state index in [0.29, 0.717) is 5.56 Å². The van der Waals surface area contributed by atoms with Crippen LogP contribution in [0.25, 0.3) is 6.08 Å². The van der Waals surface area contributed by atoms with Crippen molar-refractivity contribution in [3.63, 3.8) is 0 Å². The van der Waals surface area contributed by atoms with Crippen LogP contribution in [-0.2, 0) is 10.3 Å². The maximum absolute atomic E-state index is 12.9. The first-order chi connectivity index (χ1) is 14.3. The highest BCUT2D eigenvalue weighted by molar-refractivity contribution is 6.06. The van der Waals surface area contributed by atoms with Crippen LogP contribution in [0.15, 0.2) is 54.6 Å². The molecule has 2 rings (SSSR count). The number of phenolic OH excluding ortho intramolecular Hbond substituents is 1. The lowest BCUT2D eigenvalue weighted by Crippen LogP contribution is -2.51. The van der Waals surface area contributed by atoms with Gasteiger partial charge in [0.05, 0.1) is 5.54 Å². The van der Waals surface area contributed by atoms with Gasteiger partial charge < -0.3 is 9.84 Å². The van der Waals surface area contributed by atoms with Gasteiger partial charge in [0.1, 0.15) is 11.4 Å². The number of carbonyl (C=O) groups is 2. The molecule has 0 saturated carbocycles. The fraction of sp³-hybridized carbons (Fsp3) is 0.385. The summed E-state index contributed by atoms with van der Waals surface area (Å²) < 4.78 is 5.63. The molecule has 0 heterocycles. The van der Waals surface area contributed by atoms with Crippen LogP contribution in [0.4, 0.5) is 4.79 Å². The van der Waals surface area contributed by atoms with Gasteiger partial charge in [0.15, 0.2) is 5.78 Å². The number of ether oxygens (including phenoxy) is 1. The molecule has 0 atom stereocenters. The quantitative estimate of drug-likeness (QED) is 0.446. The van der Waals surface area contributed by atoms with Gasteiger partial charge in [-0.25, -0.2) is 4.79 Å². The number of hydrogen-bond donors (Lipinski definition) is 1. The monoisotopic (exact) mass is 423 g/mol. The number of phenols is 1. The molecule has 0 spiro atoms. The number of amides is 1. The fourth-order valence-corrected chi connectivity index (χ4v) is 3.44. The second kappa shape index (κ2) is 9.38. The normalized spacial score (nSPS) is 12.3. The molecule has 166 valence electrons. The van der Waals surface area contributed by atoms with E-state index in [1.807, 2.05) is 66.7 Å². The standard InChI is InChI=1S/C26H33NO4/c1-18(2)27(24(30)31-25(3,4)5)26(6,7)21-10-8-9-20(17-21)23(29)16-13-19-11-14-22(28)15-12-19/h8-18,28H,1-7H3/b16-13+. The molecule has 0 saturated heterocycles. The maximum Gasteiger partial charge on any atom is 0.411 e. The Morgan fingerprint density at radius 1 is 1.00 bits per heavy atom. The Hall–Kier alpha value is -3.08. The number of rotatable bonds is 6. The Kier molecular flexibility index (Phi) is 7.32. The highest BCUT2D eigenvalue weighted by Gasteiger charge is 2.37. The Labute approximate surface area is 185 Å². The van der Waals surface area contributed by atoms with E-state index in [1.54, 1.807) is 41.3 Å². The van der Waals surface area contributed by atoms with Gasteiger partial charge in [-0.15, -0.1) is 0 Å². The summed E-state index contributed by atoms with van der Waals surface area (Å²) in [7, 11) is 0. The molecular weight excluding hydrogens is 390 g/mol. The first-order valence-corrected chi connectivity index (χ1v) is 10.5. The number of allylic oxidation sites excluding steroid dienone is 1. The summed E-state index contributed by atoms with van der Waals surface area (Å²) in [5.74, 6) is 0.0391. The van der Waals surface area contributed by atoms with Gasteiger partial charge in [0, 0.05) is 11.6 Å². The molecule has 2 aromatic carbocycles. The summed E-state index contributed by atoms with van der Waals surface area (Å²) >= 11 is 0. The Balaban J connectivity index is 2.31. The van der Waals surface area contributed by atoms with Gasteiger partial charge >= 0.3 is 6.09 Å². The van der Waals surface area contributed by atoms with Gasteiger partial charge in [0.25, 0.3) is 0 Å². The maximum atomic E-state index is 12.9. The lowest BCUT2D eigenvalue weighted by Gasteiger charge is -2.42. The molecule has 5 heteroatoms. The molecule has 1 amide bonds. The largest absolute Gasteiger partial charge is 0.508 e. The lowest BCUT2D eigenvalue weighted by atomic mass is 9.89. The number of nitrogens with zero attached hydrogens (tertiary/aromatic N) is 1. The van der Waals surface area contributed by atoms with Crippen LogP contribution >= 0.6 is 0 Å². The van der Waals surface area contributed by atoms with Crippen molar-refractivity contribution in [1.29, 1.82) is 0 Å². The van der Waals surface area contributed by atoms with Gasteiger partial charge in [-0.1, -0.05) is 36.4 Å². The zero-order valence-electron chi connectivity index (χ0n) is 19.5. The number of hydrogen-bond acceptors (Lipinski definition) is 4. The van der Waals surface area contributed by atoms with Crippen molar-refractivity contribution in [2.24, 2.45) is 0 Å². The molecule has 0 fully saturated rings. The van der Waals surface area contributed by atoms with Crippen molar-refractivity contribution in [2.45, 2.75) is 65.6 Å². The molecule has 2 aromatic rings. The molecule has 5 nitrogen and oxygen atoms in total. The summed E-state index contributed by atoms with van der Waals surface area (Å²) in [6.07, 6.45) is 2.82. The van der Waals surface area contributed by atoms with Gasteiger partial charge in [-0.2, -0.15) is 0 Å². The van der Waals surface area contributed by atoms with E-state index >= 15 is 0 Å². The van der Waals surface area contributed by atoms with E-state index in [2.05, 4.69) is 0 Å². The first kappa shape index (κ1) is 24.2. The summed E-state index contributed by atoms with van der Waals surface area (Å²) in [6, 6.07) is 13.8. The highest BCUT2D eigenvalue weighted by Crippen LogP contribution is 2.32. The molecule has 0 aliphatic carbocycles. The molecule has 0 aromatic heterocycles. The Morgan fingerprint density at radius 3 is 2.16 bits per heavy atom. The van der Waals surface area contributed by atoms with Crippen molar-refractivity contribution < 1.29 is 19.4 Å². The molecule has 31 heavy (non-hydrogen) atoms. The predicted octanol–water partition coefficient (Wildman–Crippen LogP) is 6.17. The summed E-state index contributed by atoms with van der Waals surface area (Å²) in [6.45, 7) is 13.3. The van der Waals surface area contributed by atoms with Crippen LogP contribution in [0, 0.1) is 0 Å². The molecule has 0 aliphatic heterocycles. The Morgan fingerprint density at radius 2 is 1.61 bits per heavy atom. The lowest BCUT2D eigenvalue weighted by molar-refractivity contribution is -0.00763. The minimum atomic E-state index is -0.687. The van der Waals surface area contributed by atoms with E-state index in [-0.39, 0.29) is 17.6 Å². The zero-order valence-corrected chi connectivity index (χ0v) is 19.5. The van der Waals surface area contributed by atoms with Gasteiger partial charge in [-0.3, -0.25) is 9.69 Å². The summed E-state index contributed by atoms with van der Waals surface area (Å²) in [5.41, 5.74) is 0.910. The van der Waals surface area contributed by atoms with E-state index in [4.69, 9.17) is 4.74 Å². The van der Waals surface area contributed by atoms with Crippen LogP contribution in [0.1, 0.15) is 70.0 Å². The van der Waals surface area contributed by atoms with Crippen molar-refractivity contribution in [3.8, 4) is 5.75 Å². The number of aromatic hydroxyl groups is 1. The third-order valence-corrected chi connectivity index (χ3v) is 4.88. The molecule has 0 radical (unpaired) electrons. The third kappa shape index (κ3) is 6.45.